The summed E-state index contributed by atoms with van der Waals surface area (Å²) in [4.78, 5) is 0.915. The van der Waals surface area contributed by atoms with Crippen LogP contribution in [0.1, 0.15) is 13.8 Å². The van der Waals surface area contributed by atoms with E-state index in [0.29, 0.717) is 5.01 Å². The van der Waals surface area contributed by atoms with Gasteiger partial charge in [0.25, 0.3) is 0 Å². The number of hydrogen-bond donors (Lipinski definition) is 0. The molecule has 0 saturated carbocycles. The van der Waals surface area contributed by atoms with Crippen molar-refractivity contribution < 1.29 is 22.0 Å². The summed E-state index contributed by atoms with van der Waals surface area (Å²) in [5, 5.41) is 4.12. The van der Waals surface area contributed by atoms with Gasteiger partial charge in [0, 0.05) is 13.6 Å². The van der Waals surface area contributed by atoms with Crippen molar-refractivity contribution in [1.82, 2.24) is 9.91 Å². The molecular formula is C9H14F5N3. The van der Waals surface area contributed by atoms with Crippen LogP contribution in [0.25, 0.3) is 0 Å². The topological polar surface area (TPSA) is 18.8 Å². The second-order valence-electron chi connectivity index (χ2n) is 4.39. The molecule has 0 N–H and O–H groups in total. The van der Waals surface area contributed by atoms with E-state index in [2.05, 4.69) is 5.10 Å². The third-order valence-corrected chi connectivity index (χ3v) is 2.33. The molecule has 0 amide bonds. The van der Waals surface area contributed by atoms with Crippen molar-refractivity contribution in [2.75, 3.05) is 13.6 Å². The SMILES string of the molecule is CC(C)CN1C=NN(C)C1C(F)(F)C(F)(F)F. The average molecular weight is 259 g/mol. The van der Waals surface area contributed by atoms with Crippen molar-refractivity contribution in [3.63, 3.8) is 0 Å². The second kappa shape index (κ2) is 4.30. The van der Waals surface area contributed by atoms with Gasteiger partial charge in [-0.15, -0.1) is 0 Å². The Balaban J connectivity index is 2.94. The molecule has 3 nitrogen and oxygen atoms in total. The smallest absolute Gasteiger partial charge is 0.334 e. The first-order valence-corrected chi connectivity index (χ1v) is 5.04. The van der Waals surface area contributed by atoms with Crippen LogP contribution in [0.2, 0.25) is 0 Å². The summed E-state index contributed by atoms with van der Waals surface area (Å²) in [6.07, 6.45) is -6.68. The Morgan fingerprint density at radius 2 is 1.76 bits per heavy atom. The van der Waals surface area contributed by atoms with Gasteiger partial charge < -0.3 is 4.90 Å². The van der Waals surface area contributed by atoms with Crippen LogP contribution in [-0.2, 0) is 0 Å². The molecule has 1 aliphatic heterocycles. The summed E-state index contributed by atoms with van der Waals surface area (Å²) in [5.41, 5.74) is 0. The Morgan fingerprint density at radius 3 is 2.18 bits per heavy atom. The van der Waals surface area contributed by atoms with Crippen LogP contribution in [0.5, 0.6) is 0 Å². The summed E-state index contributed by atoms with van der Waals surface area (Å²) in [7, 11) is 1.10. The molecule has 0 bridgehead atoms. The number of hydrazone groups is 1. The van der Waals surface area contributed by atoms with Gasteiger partial charge in [-0.05, 0) is 5.92 Å². The standard InChI is InChI=1S/C9H14F5N3/c1-6(2)4-17-5-15-16(3)7(17)8(10,11)9(12,13)14/h5-7H,4H2,1-3H3. The molecule has 1 unspecified atom stereocenters. The highest BCUT2D eigenvalue weighted by atomic mass is 19.4. The molecule has 1 aliphatic rings. The molecule has 8 heteroatoms. The first-order chi connectivity index (χ1) is 7.57. The molecule has 17 heavy (non-hydrogen) atoms. The van der Waals surface area contributed by atoms with E-state index < -0.39 is 18.3 Å². The minimum atomic E-state index is -5.59. The van der Waals surface area contributed by atoms with Gasteiger partial charge in [0.2, 0.25) is 0 Å². The largest absolute Gasteiger partial charge is 0.457 e. The summed E-state index contributed by atoms with van der Waals surface area (Å²) in [5.74, 6) is -4.87. The van der Waals surface area contributed by atoms with Crippen LogP contribution in [0.4, 0.5) is 22.0 Å². The van der Waals surface area contributed by atoms with Gasteiger partial charge in [-0.25, -0.2) is 0 Å². The molecule has 0 fully saturated rings. The lowest BCUT2D eigenvalue weighted by Gasteiger charge is -2.35. The molecule has 0 aliphatic carbocycles. The van der Waals surface area contributed by atoms with Gasteiger partial charge in [0.05, 0.1) is 0 Å². The molecule has 0 aromatic heterocycles. The molecule has 0 aromatic rings. The highest BCUT2D eigenvalue weighted by Crippen LogP contribution is 2.42. The van der Waals surface area contributed by atoms with Crippen LogP contribution in [0.15, 0.2) is 5.10 Å². The molecule has 1 atom stereocenters. The van der Waals surface area contributed by atoms with Crippen LogP contribution in [-0.4, -0.2) is 48.1 Å². The first kappa shape index (κ1) is 14.0. The maximum Gasteiger partial charge on any atom is 0.457 e. The Kier molecular flexibility index (Phi) is 3.54. The number of halogens is 5. The number of alkyl halides is 5. The zero-order valence-corrected chi connectivity index (χ0v) is 9.67. The van der Waals surface area contributed by atoms with Crippen molar-refractivity contribution in [1.29, 1.82) is 0 Å². The molecule has 100 valence electrons. The van der Waals surface area contributed by atoms with Crippen LogP contribution < -0.4 is 0 Å². The van der Waals surface area contributed by atoms with Crippen LogP contribution in [0, 0.1) is 5.92 Å². The Bertz CT molecular complexity index is 299. The van der Waals surface area contributed by atoms with Crippen molar-refractivity contribution in [3.8, 4) is 0 Å². The van der Waals surface area contributed by atoms with Gasteiger partial charge in [-0.3, -0.25) is 5.01 Å². The molecule has 0 aromatic carbocycles. The van der Waals surface area contributed by atoms with Crippen molar-refractivity contribution in [3.05, 3.63) is 0 Å². The molecule has 0 saturated heterocycles. The summed E-state index contributed by atoms with van der Waals surface area (Å²) in [6.45, 7) is 3.55. The summed E-state index contributed by atoms with van der Waals surface area (Å²) in [6, 6.07) is 0. The Labute approximate surface area is 95.9 Å². The second-order valence-corrected chi connectivity index (χ2v) is 4.39. The highest BCUT2D eigenvalue weighted by molar-refractivity contribution is 5.57. The zero-order valence-electron chi connectivity index (χ0n) is 9.67. The monoisotopic (exact) mass is 259 g/mol. The van der Waals surface area contributed by atoms with E-state index >= 15 is 0 Å². The van der Waals surface area contributed by atoms with E-state index in [-0.39, 0.29) is 12.5 Å². The minimum Gasteiger partial charge on any atom is -0.334 e. The van der Waals surface area contributed by atoms with Gasteiger partial charge >= 0.3 is 12.1 Å². The van der Waals surface area contributed by atoms with E-state index in [9.17, 15) is 22.0 Å². The maximum absolute atomic E-state index is 13.3. The minimum absolute atomic E-state index is 0.0421. The lowest BCUT2D eigenvalue weighted by atomic mass is 10.1. The number of nitrogens with zero attached hydrogens (tertiary/aromatic N) is 3. The van der Waals surface area contributed by atoms with E-state index in [1.807, 2.05) is 0 Å². The molecular weight excluding hydrogens is 245 g/mol. The van der Waals surface area contributed by atoms with Gasteiger partial charge in [-0.1, -0.05) is 13.8 Å². The van der Waals surface area contributed by atoms with Crippen LogP contribution in [0.3, 0.4) is 0 Å². The maximum atomic E-state index is 13.3. The number of hydrogen-bond acceptors (Lipinski definition) is 3. The molecule has 1 heterocycles. The van der Waals surface area contributed by atoms with Crippen molar-refractivity contribution >= 4 is 6.34 Å². The fourth-order valence-electron chi connectivity index (χ4n) is 1.65. The molecule has 0 radical (unpaired) electrons. The average Bonchev–Trinajstić information content (AvgIpc) is 2.44. The van der Waals surface area contributed by atoms with E-state index in [1.165, 1.54) is 0 Å². The predicted molar refractivity (Wildman–Crippen MR) is 52.6 cm³/mol. The Hall–Kier alpha value is -1.08. The lowest BCUT2D eigenvalue weighted by molar-refractivity contribution is -0.312. The van der Waals surface area contributed by atoms with Gasteiger partial charge in [-0.2, -0.15) is 27.1 Å². The first-order valence-electron chi connectivity index (χ1n) is 5.04. The third-order valence-electron chi connectivity index (χ3n) is 2.33. The Morgan fingerprint density at radius 1 is 1.24 bits per heavy atom. The van der Waals surface area contributed by atoms with Crippen molar-refractivity contribution in [2.24, 2.45) is 11.0 Å². The van der Waals surface area contributed by atoms with Gasteiger partial charge in [0.15, 0.2) is 6.17 Å². The molecule has 0 spiro atoms. The number of rotatable bonds is 3. The lowest BCUT2D eigenvalue weighted by Crippen LogP contribution is -2.58. The van der Waals surface area contributed by atoms with E-state index in [4.69, 9.17) is 0 Å². The van der Waals surface area contributed by atoms with Crippen LogP contribution >= 0.6 is 0 Å². The van der Waals surface area contributed by atoms with Crippen molar-refractivity contribution in [2.45, 2.75) is 32.1 Å². The van der Waals surface area contributed by atoms with Gasteiger partial charge in [0.1, 0.15) is 6.34 Å². The molecule has 1 rings (SSSR count). The highest BCUT2D eigenvalue weighted by Gasteiger charge is 2.66. The summed E-state index contributed by atoms with van der Waals surface area (Å²) < 4.78 is 63.5. The zero-order chi connectivity index (χ0) is 13.4. The fourth-order valence-corrected chi connectivity index (χ4v) is 1.65. The third kappa shape index (κ3) is 2.61. The fraction of sp³-hybridized carbons (Fsp3) is 0.889. The normalized spacial score (nSPS) is 21.8. The summed E-state index contributed by atoms with van der Waals surface area (Å²) >= 11 is 0. The predicted octanol–water partition coefficient (Wildman–Crippen LogP) is 2.36. The van der Waals surface area contributed by atoms with E-state index in [0.717, 1.165) is 18.3 Å². The van der Waals surface area contributed by atoms with E-state index in [1.54, 1.807) is 13.8 Å². The quantitative estimate of drug-likeness (QED) is 0.724.